The van der Waals surface area contributed by atoms with E-state index >= 15 is 0 Å². The predicted octanol–water partition coefficient (Wildman–Crippen LogP) is 1.67. The summed E-state index contributed by atoms with van der Waals surface area (Å²) in [6, 6.07) is 3.45. The smallest absolute Gasteiger partial charge is 0.314 e. The number of aliphatic carboxylic acids is 1. The van der Waals surface area contributed by atoms with E-state index in [1.54, 1.807) is 12.4 Å². The van der Waals surface area contributed by atoms with Gasteiger partial charge in [0.1, 0.15) is 0 Å². The molecule has 0 aliphatic heterocycles. The van der Waals surface area contributed by atoms with Crippen molar-refractivity contribution < 1.29 is 14.7 Å². The number of carbonyl (C=O) groups is 2. The van der Waals surface area contributed by atoms with Crippen LogP contribution in [0, 0.1) is 11.8 Å². The summed E-state index contributed by atoms with van der Waals surface area (Å²) < 4.78 is 0. The van der Waals surface area contributed by atoms with E-state index in [1.165, 1.54) is 0 Å². The highest BCUT2D eigenvalue weighted by Crippen LogP contribution is 2.10. The minimum Gasteiger partial charge on any atom is -0.481 e. The second-order valence-electron chi connectivity index (χ2n) is 5.41. The Labute approximate surface area is 125 Å². The van der Waals surface area contributed by atoms with Crippen molar-refractivity contribution in [1.29, 1.82) is 0 Å². The number of nitrogens with zero attached hydrogens (tertiary/aromatic N) is 1. The number of pyridine rings is 1. The Morgan fingerprint density at radius 1 is 1.33 bits per heavy atom. The normalized spacial score (nSPS) is 12.0. The first-order valence-corrected chi connectivity index (χ1v) is 7.12. The molecule has 116 valence electrons. The van der Waals surface area contributed by atoms with Gasteiger partial charge in [-0.25, -0.2) is 4.79 Å². The molecule has 0 aromatic carbocycles. The number of nitrogens with one attached hydrogen (secondary N) is 2. The van der Waals surface area contributed by atoms with Gasteiger partial charge in [-0.2, -0.15) is 0 Å². The van der Waals surface area contributed by atoms with E-state index in [0.29, 0.717) is 19.4 Å². The molecular formula is C15H23N3O3. The molecule has 1 rings (SSSR count). The Kier molecular flexibility index (Phi) is 7.21. The molecule has 0 radical (unpaired) electrons. The molecule has 0 spiro atoms. The first kappa shape index (κ1) is 16.9. The van der Waals surface area contributed by atoms with Crippen LogP contribution in [0.4, 0.5) is 4.79 Å². The summed E-state index contributed by atoms with van der Waals surface area (Å²) in [5, 5.41) is 14.4. The number of carboxylic acid groups (broad SMARTS) is 1. The van der Waals surface area contributed by atoms with Crippen molar-refractivity contribution in [3.63, 3.8) is 0 Å². The van der Waals surface area contributed by atoms with Gasteiger partial charge in [0.2, 0.25) is 0 Å². The number of carboxylic acids is 1. The molecule has 0 saturated heterocycles. The molecule has 1 unspecified atom stereocenters. The lowest BCUT2D eigenvalue weighted by Gasteiger charge is -2.15. The number of aromatic nitrogens is 1. The van der Waals surface area contributed by atoms with Crippen LogP contribution in [0.3, 0.4) is 0 Å². The molecule has 6 heteroatoms. The van der Waals surface area contributed by atoms with Crippen molar-refractivity contribution >= 4 is 12.0 Å². The average Bonchev–Trinajstić information content (AvgIpc) is 2.44. The third-order valence-electron chi connectivity index (χ3n) is 3.04. The summed E-state index contributed by atoms with van der Waals surface area (Å²) in [5.41, 5.74) is 1.04. The van der Waals surface area contributed by atoms with Crippen LogP contribution >= 0.6 is 0 Å². The number of urea groups is 1. The van der Waals surface area contributed by atoms with Crippen LogP contribution in [0.15, 0.2) is 24.5 Å². The van der Waals surface area contributed by atoms with Crippen molar-refractivity contribution in [2.45, 2.75) is 26.7 Å². The SMILES string of the molecule is CC(C)CC(CNC(=O)NCCc1cccnc1)C(=O)O. The molecule has 1 atom stereocenters. The third-order valence-corrected chi connectivity index (χ3v) is 3.04. The zero-order valence-electron chi connectivity index (χ0n) is 12.5. The van der Waals surface area contributed by atoms with E-state index in [0.717, 1.165) is 5.56 Å². The molecule has 3 N–H and O–H groups in total. The quantitative estimate of drug-likeness (QED) is 0.680. The fourth-order valence-electron chi connectivity index (χ4n) is 1.99. The molecule has 0 fully saturated rings. The number of hydrogen-bond acceptors (Lipinski definition) is 3. The van der Waals surface area contributed by atoms with E-state index in [9.17, 15) is 9.59 Å². The summed E-state index contributed by atoms with van der Waals surface area (Å²) in [6.45, 7) is 4.56. The second kappa shape index (κ2) is 8.94. The van der Waals surface area contributed by atoms with Crippen molar-refractivity contribution in [3.05, 3.63) is 30.1 Å². The lowest BCUT2D eigenvalue weighted by Crippen LogP contribution is -2.40. The zero-order chi connectivity index (χ0) is 15.7. The van der Waals surface area contributed by atoms with Crippen LogP contribution < -0.4 is 10.6 Å². The Hall–Kier alpha value is -2.11. The van der Waals surface area contributed by atoms with Crippen molar-refractivity contribution in [2.75, 3.05) is 13.1 Å². The lowest BCUT2D eigenvalue weighted by atomic mass is 9.97. The monoisotopic (exact) mass is 293 g/mol. The summed E-state index contributed by atoms with van der Waals surface area (Å²) in [7, 11) is 0. The van der Waals surface area contributed by atoms with Crippen LogP contribution in [-0.4, -0.2) is 35.2 Å². The topological polar surface area (TPSA) is 91.3 Å². The second-order valence-corrected chi connectivity index (χ2v) is 5.41. The van der Waals surface area contributed by atoms with E-state index in [4.69, 9.17) is 5.11 Å². The molecule has 1 aromatic rings. The highest BCUT2D eigenvalue weighted by molar-refractivity contribution is 5.75. The van der Waals surface area contributed by atoms with Gasteiger partial charge < -0.3 is 15.7 Å². The van der Waals surface area contributed by atoms with Crippen LogP contribution in [-0.2, 0) is 11.2 Å². The Bertz CT molecular complexity index is 449. The van der Waals surface area contributed by atoms with Gasteiger partial charge in [0.25, 0.3) is 0 Å². The highest BCUT2D eigenvalue weighted by Gasteiger charge is 2.19. The summed E-state index contributed by atoms with van der Waals surface area (Å²) in [5.74, 6) is -1.14. The maximum atomic E-state index is 11.6. The molecule has 0 bridgehead atoms. The molecule has 1 aromatic heterocycles. The van der Waals surface area contributed by atoms with E-state index < -0.39 is 11.9 Å². The van der Waals surface area contributed by atoms with Gasteiger partial charge in [0.15, 0.2) is 0 Å². The molecule has 21 heavy (non-hydrogen) atoms. The Balaban J connectivity index is 2.25. The predicted molar refractivity (Wildman–Crippen MR) is 79.9 cm³/mol. The third kappa shape index (κ3) is 7.29. The molecule has 0 aliphatic rings. The van der Waals surface area contributed by atoms with Gasteiger partial charge in [-0.3, -0.25) is 9.78 Å². The number of hydrogen-bond donors (Lipinski definition) is 3. The zero-order valence-corrected chi connectivity index (χ0v) is 12.5. The minimum atomic E-state index is -0.876. The van der Waals surface area contributed by atoms with Gasteiger partial charge in [0.05, 0.1) is 5.92 Å². The number of rotatable bonds is 8. The fraction of sp³-hybridized carbons (Fsp3) is 0.533. The molecule has 6 nitrogen and oxygen atoms in total. The van der Waals surface area contributed by atoms with Gasteiger partial charge in [-0.15, -0.1) is 0 Å². The number of amides is 2. The van der Waals surface area contributed by atoms with E-state index in [-0.39, 0.29) is 18.5 Å². The first-order chi connectivity index (χ1) is 9.99. The first-order valence-electron chi connectivity index (χ1n) is 7.12. The standard InChI is InChI=1S/C15H23N3O3/c1-11(2)8-13(14(19)20)10-18-15(21)17-7-5-12-4-3-6-16-9-12/h3-4,6,9,11,13H,5,7-8,10H2,1-2H3,(H,19,20)(H2,17,18,21). The van der Waals surface area contributed by atoms with Crippen LogP contribution in [0.5, 0.6) is 0 Å². The van der Waals surface area contributed by atoms with Crippen molar-refractivity contribution in [1.82, 2.24) is 15.6 Å². The summed E-state index contributed by atoms with van der Waals surface area (Å²) in [4.78, 5) is 26.7. The minimum absolute atomic E-state index is 0.145. The van der Waals surface area contributed by atoms with Gasteiger partial charge in [-0.05, 0) is 30.4 Å². The highest BCUT2D eigenvalue weighted by atomic mass is 16.4. The Morgan fingerprint density at radius 2 is 2.10 bits per heavy atom. The van der Waals surface area contributed by atoms with E-state index in [1.807, 2.05) is 26.0 Å². The summed E-state index contributed by atoms with van der Waals surface area (Å²) in [6.07, 6.45) is 4.69. The maximum Gasteiger partial charge on any atom is 0.314 e. The van der Waals surface area contributed by atoms with Crippen LogP contribution in [0.25, 0.3) is 0 Å². The maximum absolute atomic E-state index is 11.6. The van der Waals surface area contributed by atoms with Gasteiger partial charge in [0, 0.05) is 25.5 Å². The molecular weight excluding hydrogens is 270 g/mol. The average molecular weight is 293 g/mol. The van der Waals surface area contributed by atoms with Gasteiger partial charge >= 0.3 is 12.0 Å². The largest absolute Gasteiger partial charge is 0.481 e. The van der Waals surface area contributed by atoms with Crippen molar-refractivity contribution in [2.24, 2.45) is 11.8 Å². The van der Waals surface area contributed by atoms with Crippen molar-refractivity contribution in [3.8, 4) is 0 Å². The van der Waals surface area contributed by atoms with Crippen LogP contribution in [0.2, 0.25) is 0 Å². The van der Waals surface area contributed by atoms with Gasteiger partial charge in [-0.1, -0.05) is 19.9 Å². The number of carbonyl (C=O) groups excluding carboxylic acids is 1. The molecule has 0 saturated carbocycles. The summed E-state index contributed by atoms with van der Waals surface area (Å²) >= 11 is 0. The molecule has 2 amide bonds. The Morgan fingerprint density at radius 3 is 2.67 bits per heavy atom. The van der Waals surface area contributed by atoms with E-state index in [2.05, 4.69) is 15.6 Å². The molecule has 1 heterocycles. The lowest BCUT2D eigenvalue weighted by molar-refractivity contribution is -0.142. The molecule has 0 aliphatic carbocycles. The van der Waals surface area contributed by atoms with Crippen LogP contribution in [0.1, 0.15) is 25.8 Å². The fourth-order valence-corrected chi connectivity index (χ4v) is 1.99.